The van der Waals surface area contributed by atoms with Crippen LogP contribution in [0.1, 0.15) is 18.1 Å². The summed E-state index contributed by atoms with van der Waals surface area (Å²) in [6.45, 7) is 0.826. The first kappa shape index (κ1) is 18.5. The zero-order chi connectivity index (χ0) is 17.8. The van der Waals surface area contributed by atoms with E-state index in [0.717, 1.165) is 12.5 Å². The lowest BCUT2D eigenvalue weighted by atomic mass is 10.1. The molecule has 0 bridgehead atoms. The van der Waals surface area contributed by atoms with Crippen LogP contribution in [0.15, 0.2) is 63.0 Å². The van der Waals surface area contributed by atoms with E-state index in [4.69, 9.17) is 0 Å². The Morgan fingerprint density at radius 1 is 1.21 bits per heavy atom. The van der Waals surface area contributed by atoms with Crippen LogP contribution in [-0.4, -0.2) is 14.6 Å². The SMILES string of the molecule is CC(F)(F)c1ccc(CC=NNS(=O)(=O)c2ccccc2)cc1Br. The van der Waals surface area contributed by atoms with Crippen LogP contribution in [0.4, 0.5) is 8.78 Å². The van der Waals surface area contributed by atoms with Gasteiger partial charge in [-0.2, -0.15) is 13.5 Å². The van der Waals surface area contributed by atoms with Crippen molar-refractivity contribution in [2.45, 2.75) is 24.2 Å². The van der Waals surface area contributed by atoms with Crippen molar-refractivity contribution in [3.8, 4) is 0 Å². The van der Waals surface area contributed by atoms with Gasteiger partial charge in [-0.05, 0) is 23.8 Å². The van der Waals surface area contributed by atoms with Crippen LogP contribution in [-0.2, 0) is 22.4 Å². The van der Waals surface area contributed by atoms with Crippen LogP contribution in [0.5, 0.6) is 0 Å². The number of sulfonamides is 1. The van der Waals surface area contributed by atoms with Gasteiger partial charge < -0.3 is 0 Å². The molecule has 0 amide bonds. The third-order valence-corrected chi connectivity index (χ3v) is 5.05. The van der Waals surface area contributed by atoms with E-state index >= 15 is 0 Å². The van der Waals surface area contributed by atoms with Gasteiger partial charge in [0.05, 0.1) is 4.90 Å². The second-order valence-corrected chi connectivity index (χ2v) is 7.64. The molecule has 8 heteroatoms. The molecular weight excluding hydrogens is 402 g/mol. The molecule has 0 saturated heterocycles. The standard InChI is InChI=1S/C16H15BrF2N2O2S/c1-16(18,19)14-8-7-12(11-15(14)17)9-10-20-21-24(22,23)13-5-3-2-4-6-13/h2-8,10-11,21H,9H2,1H3. The summed E-state index contributed by atoms with van der Waals surface area (Å²) in [6, 6.07) is 12.3. The molecule has 0 atom stereocenters. The number of alkyl halides is 2. The molecule has 128 valence electrons. The molecule has 0 aliphatic rings. The number of nitrogens with one attached hydrogen (secondary N) is 1. The summed E-state index contributed by atoms with van der Waals surface area (Å²) in [7, 11) is -3.71. The first-order valence-corrected chi connectivity index (χ1v) is 9.23. The van der Waals surface area contributed by atoms with Gasteiger partial charge in [-0.1, -0.05) is 46.3 Å². The minimum Gasteiger partial charge on any atom is -0.202 e. The van der Waals surface area contributed by atoms with E-state index in [9.17, 15) is 17.2 Å². The number of hydrogen-bond acceptors (Lipinski definition) is 3. The molecule has 0 saturated carbocycles. The smallest absolute Gasteiger partial charge is 0.202 e. The summed E-state index contributed by atoms with van der Waals surface area (Å²) in [5.74, 6) is -2.93. The quantitative estimate of drug-likeness (QED) is 0.569. The first-order valence-electron chi connectivity index (χ1n) is 6.95. The molecule has 0 aliphatic carbocycles. The third kappa shape index (κ3) is 4.85. The minimum absolute atomic E-state index is 0.104. The second-order valence-electron chi connectivity index (χ2n) is 5.13. The van der Waals surface area contributed by atoms with Gasteiger partial charge in [0.2, 0.25) is 0 Å². The largest absolute Gasteiger partial charge is 0.276 e. The van der Waals surface area contributed by atoms with E-state index in [2.05, 4.69) is 25.9 Å². The molecular formula is C16H15BrF2N2O2S. The van der Waals surface area contributed by atoms with Gasteiger partial charge in [0, 0.05) is 29.6 Å². The Kier molecular flexibility index (Phi) is 5.71. The highest BCUT2D eigenvalue weighted by atomic mass is 79.9. The van der Waals surface area contributed by atoms with Gasteiger partial charge in [-0.15, -0.1) is 0 Å². The molecule has 2 aromatic rings. The maximum atomic E-state index is 13.3. The van der Waals surface area contributed by atoms with Crippen molar-refractivity contribution in [1.29, 1.82) is 0 Å². The molecule has 0 heterocycles. The number of nitrogens with zero attached hydrogens (tertiary/aromatic N) is 1. The Labute approximate surface area is 147 Å². The molecule has 4 nitrogen and oxygen atoms in total. The zero-order valence-corrected chi connectivity index (χ0v) is 15.1. The fraction of sp³-hybridized carbons (Fsp3) is 0.188. The molecule has 2 rings (SSSR count). The Balaban J connectivity index is 2.01. The van der Waals surface area contributed by atoms with Crippen molar-refractivity contribution in [2.75, 3.05) is 0 Å². The Morgan fingerprint density at radius 2 is 1.88 bits per heavy atom. The van der Waals surface area contributed by atoms with E-state index in [1.54, 1.807) is 30.3 Å². The predicted molar refractivity (Wildman–Crippen MR) is 92.7 cm³/mol. The van der Waals surface area contributed by atoms with E-state index in [1.165, 1.54) is 24.4 Å². The monoisotopic (exact) mass is 416 g/mol. The molecule has 0 spiro atoms. The highest BCUT2D eigenvalue weighted by Crippen LogP contribution is 2.33. The molecule has 2 aromatic carbocycles. The summed E-state index contributed by atoms with van der Waals surface area (Å²) in [6.07, 6.45) is 1.66. The lowest BCUT2D eigenvalue weighted by Crippen LogP contribution is -2.18. The summed E-state index contributed by atoms with van der Waals surface area (Å²) < 4.78 is 50.8. The van der Waals surface area contributed by atoms with Crippen LogP contribution in [0.3, 0.4) is 0 Å². The molecule has 0 fully saturated rings. The predicted octanol–water partition coefficient (Wildman–Crippen LogP) is 4.07. The molecule has 0 radical (unpaired) electrons. The number of halogens is 3. The molecule has 0 unspecified atom stereocenters. The average molecular weight is 417 g/mol. The summed E-state index contributed by atoms with van der Waals surface area (Å²) in [5, 5.41) is 3.69. The van der Waals surface area contributed by atoms with Gasteiger partial charge in [0.15, 0.2) is 0 Å². The van der Waals surface area contributed by atoms with Gasteiger partial charge >= 0.3 is 0 Å². The highest BCUT2D eigenvalue weighted by molar-refractivity contribution is 9.10. The van der Waals surface area contributed by atoms with Crippen molar-refractivity contribution in [2.24, 2.45) is 5.10 Å². The third-order valence-electron chi connectivity index (χ3n) is 3.15. The van der Waals surface area contributed by atoms with E-state index < -0.39 is 15.9 Å². The van der Waals surface area contributed by atoms with Crippen molar-refractivity contribution in [3.05, 3.63) is 64.1 Å². The van der Waals surface area contributed by atoms with Crippen molar-refractivity contribution in [3.63, 3.8) is 0 Å². The van der Waals surface area contributed by atoms with E-state index in [1.807, 2.05) is 0 Å². The van der Waals surface area contributed by atoms with Gasteiger partial charge in [-0.25, -0.2) is 13.6 Å². The summed E-state index contributed by atoms with van der Waals surface area (Å²) >= 11 is 3.12. The Hall–Kier alpha value is -1.80. The van der Waals surface area contributed by atoms with Crippen LogP contribution in [0.25, 0.3) is 0 Å². The number of hydrazone groups is 1. The van der Waals surface area contributed by atoms with Crippen molar-refractivity contribution >= 4 is 32.2 Å². The van der Waals surface area contributed by atoms with Crippen LogP contribution >= 0.6 is 15.9 Å². The molecule has 0 aliphatic heterocycles. The maximum absolute atomic E-state index is 13.3. The maximum Gasteiger partial charge on any atom is 0.276 e. The van der Waals surface area contributed by atoms with E-state index in [0.29, 0.717) is 10.9 Å². The molecule has 1 N–H and O–H groups in total. The number of benzene rings is 2. The lowest BCUT2D eigenvalue weighted by Gasteiger charge is -2.13. The van der Waals surface area contributed by atoms with E-state index in [-0.39, 0.29) is 10.5 Å². The molecule has 24 heavy (non-hydrogen) atoms. The minimum atomic E-state index is -3.71. The number of hydrogen-bond donors (Lipinski definition) is 1. The van der Waals surface area contributed by atoms with Gasteiger partial charge in [0.25, 0.3) is 15.9 Å². The van der Waals surface area contributed by atoms with Crippen molar-refractivity contribution < 1.29 is 17.2 Å². The lowest BCUT2D eigenvalue weighted by molar-refractivity contribution is 0.0167. The van der Waals surface area contributed by atoms with Crippen molar-refractivity contribution in [1.82, 2.24) is 4.83 Å². The summed E-state index contributed by atoms with van der Waals surface area (Å²) in [5.41, 5.74) is 0.616. The molecule has 0 aromatic heterocycles. The van der Waals surface area contributed by atoms with Crippen LogP contribution in [0.2, 0.25) is 0 Å². The topological polar surface area (TPSA) is 58.5 Å². The normalized spacial score (nSPS) is 12.5. The fourth-order valence-corrected chi connectivity index (χ4v) is 3.56. The van der Waals surface area contributed by atoms with Gasteiger partial charge in [0.1, 0.15) is 0 Å². The van der Waals surface area contributed by atoms with Crippen LogP contribution < -0.4 is 4.83 Å². The Morgan fingerprint density at radius 3 is 2.46 bits per heavy atom. The number of rotatable bonds is 6. The fourth-order valence-electron chi connectivity index (χ4n) is 1.95. The van der Waals surface area contributed by atoms with Crippen LogP contribution in [0, 0.1) is 0 Å². The highest BCUT2D eigenvalue weighted by Gasteiger charge is 2.26. The second kappa shape index (κ2) is 7.40. The average Bonchev–Trinajstić information content (AvgIpc) is 2.51. The summed E-state index contributed by atoms with van der Waals surface area (Å²) in [4.78, 5) is 2.22. The van der Waals surface area contributed by atoms with Gasteiger partial charge in [-0.3, -0.25) is 0 Å². The first-order chi connectivity index (χ1) is 11.2. The zero-order valence-electron chi connectivity index (χ0n) is 12.7. The Bertz CT molecular complexity index is 835.